The van der Waals surface area contributed by atoms with Crippen LogP contribution >= 0.6 is 0 Å². The van der Waals surface area contributed by atoms with E-state index in [1.165, 1.54) is 0 Å². The second kappa shape index (κ2) is 10.2. The Morgan fingerprint density at radius 2 is 1.82 bits per heavy atom. The number of ether oxygens (including phenoxy) is 3. The SMILES string of the molecule is COCCCN(C)c1ccc(-c2cc3nccn3c(Nc3ccc(OC)cc3)n2)cc1OC. The molecule has 4 rings (SSSR count). The molecule has 4 aromatic rings. The second-order valence-corrected chi connectivity index (χ2v) is 7.63. The second-order valence-electron chi connectivity index (χ2n) is 7.63. The number of imidazole rings is 1. The summed E-state index contributed by atoms with van der Waals surface area (Å²) in [5.74, 6) is 2.27. The van der Waals surface area contributed by atoms with Gasteiger partial charge in [-0.2, -0.15) is 0 Å². The molecular formula is C25H29N5O3. The Kier molecular flexibility index (Phi) is 6.95. The van der Waals surface area contributed by atoms with E-state index in [-0.39, 0.29) is 0 Å². The summed E-state index contributed by atoms with van der Waals surface area (Å²) in [6, 6.07) is 15.8. The van der Waals surface area contributed by atoms with E-state index in [0.717, 1.165) is 59.4 Å². The zero-order chi connectivity index (χ0) is 23.2. The number of rotatable bonds is 10. The molecule has 1 N–H and O–H groups in total. The highest BCUT2D eigenvalue weighted by molar-refractivity contribution is 5.73. The van der Waals surface area contributed by atoms with Gasteiger partial charge in [-0.3, -0.25) is 4.40 Å². The van der Waals surface area contributed by atoms with Crippen molar-refractivity contribution in [1.29, 1.82) is 0 Å². The van der Waals surface area contributed by atoms with Crippen molar-refractivity contribution < 1.29 is 14.2 Å². The van der Waals surface area contributed by atoms with E-state index < -0.39 is 0 Å². The molecule has 0 bridgehead atoms. The molecule has 33 heavy (non-hydrogen) atoms. The minimum atomic E-state index is 0.671. The average molecular weight is 448 g/mol. The van der Waals surface area contributed by atoms with Crippen LogP contribution in [-0.2, 0) is 4.74 Å². The summed E-state index contributed by atoms with van der Waals surface area (Å²) < 4.78 is 18.0. The maximum absolute atomic E-state index is 5.71. The van der Waals surface area contributed by atoms with Crippen LogP contribution in [-0.4, -0.2) is 55.9 Å². The zero-order valence-electron chi connectivity index (χ0n) is 19.4. The molecule has 2 aromatic heterocycles. The first-order valence-corrected chi connectivity index (χ1v) is 10.8. The van der Waals surface area contributed by atoms with E-state index in [0.29, 0.717) is 5.95 Å². The maximum atomic E-state index is 5.71. The number of nitrogens with one attached hydrogen (secondary N) is 1. The number of aromatic nitrogens is 3. The fourth-order valence-electron chi connectivity index (χ4n) is 3.68. The summed E-state index contributed by atoms with van der Waals surface area (Å²) >= 11 is 0. The van der Waals surface area contributed by atoms with Gasteiger partial charge in [-0.05, 0) is 42.8 Å². The van der Waals surface area contributed by atoms with Gasteiger partial charge in [0.25, 0.3) is 0 Å². The molecule has 0 saturated heterocycles. The van der Waals surface area contributed by atoms with Crippen molar-refractivity contribution >= 4 is 23.0 Å². The van der Waals surface area contributed by atoms with Gasteiger partial charge in [0.15, 0.2) is 0 Å². The standard InChI is InChI=1S/C25H29N5O3/c1-29(13-5-15-31-2)22-11-6-18(16-23(22)33-4)21-17-24-26-12-14-30(24)25(28-21)27-19-7-9-20(32-3)10-8-19/h6-12,14,16-17H,5,13,15H2,1-4H3,(H,27,28). The Hall–Kier alpha value is -3.78. The van der Waals surface area contributed by atoms with E-state index in [2.05, 4.69) is 34.4 Å². The van der Waals surface area contributed by atoms with Gasteiger partial charge in [0.2, 0.25) is 5.95 Å². The van der Waals surface area contributed by atoms with Crippen LogP contribution in [0.1, 0.15) is 6.42 Å². The van der Waals surface area contributed by atoms with Gasteiger partial charge in [0, 0.05) is 57.0 Å². The predicted molar refractivity (Wildman–Crippen MR) is 131 cm³/mol. The highest BCUT2D eigenvalue weighted by atomic mass is 16.5. The minimum Gasteiger partial charge on any atom is -0.497 e. The monoisotopic (exact) mass is 447 g/mol. The molecule has 0 aliphatic rings. The minimum absolute atomic E-state index is 0.671. The van der Waals surface area contributed by atoms with E-state index in [1.54, 1.807) is 27.5 Å². The van der Waals surface area contributed by atoms with Gasteiger partial charge in [-0.1, -0.05) is 6.07 Å². The molecule has 0 saturated carbocycles. The largest absolute Gasteiger partial charge is 0.497 e. The Labute approximate surface area is 193 Å². The average Bonchev–Trinajstić information content (AvgIpc) is 3.33. The van der Waals surface area contributed by atoms with Crippen LogP contribution in [0.15, 0.2) is 60.9 Å². The van der Waals surface area contributed by atoms with Crippen LogP contribution < -0.4 is 19.7 Å². The maximum Gasteiger partial charge on any atom is 0.213 e. The van der Waals surface area contributed by atoms with Crippen LogP contribution in [0.25, 0.3) is 16.9 Å². The number of fused-ring (bicyclic) bond motifs is 1. The number of nitrogens with zero attached hydrogens (tertiary/aromatic N) is 4. The topological polar surface area (TPSA) is 73.2 Å². The Bertz CT molecular complexity index is 1210. The van der Waals surface area contributed by atoms with Crippen molar-refractivity contribution in [1.82, 2.24) is 14.4 Å². The summed E-state index contributed by atoms with van der Waals surface area (Å²) in [5, 5.41) is 3.39. The van der Waals surface area contributed by atoms with Gasteiger partial charge in [-0.15, -0.1) is 0 Å². The summed E-state index contributed by atoms with van der Waals surface area (Å²) in [6.07, 6.45) is 4.59. The molecule has 8 heteroatoms. The predicted octanol–water partition coefficient (Wildman–Crippen LogP) is 4.63. The number of anilines is 3. The molecule has 0 atom stereocenters. The first-order chi connectivity index (χ1) is 16.1. The molecule has 0 amide bonds. The van der Waals surface area contributed by atoms with Crippen LogP contribution in [0.4, 0.5) is 17.3 Å². The molecule has 172 valence electrons. The van der Waals surface area contributed by atoms with Crippen molar-refractivity contribution in [2.75, 3.05) is 51.7 Å². The highest BCUT2D eigenvalue weighted by Gasteiger charge is 2.13. The smallest absolute Gasteiger partial charge is 0.213 e. The molecular weight excluding hydrogens is 418 g/mol. The number of hydrogen-bond acceptors (Lipinski definition) is 7. The van der Waals surface area contributed by atoms with Crippen molar-refractivity contribution in [2.24, 2.45) is 0 Å². The van der Waals surface area contributed by atoms with E-state index in [9.17, 15) is 0 Å². The molecule has 8 nitrogen and oxygen atoms in total. The van der Waals surface area contributed by atoms with Gasteiger partial charge >= 0.3 is 0 Å². The van der Waals surface area contributed by atoms with Crippen LogP contribution in [0.5, 0.6) is 11.5 Å². The first-order valence-electron chi connectivity index (χ1n) is 10.8. The van der Waals surface area contributed by atoms with Crippen LogP contribution in [0, 0.1) is 0 Å². The third-order valence-electron chi connectivity index (χ3n) is 5.46. The summed E-state index contributed by atoms with van der Waals surface area (Å²) in [6.45, 7) is 1.60. The molecule has 0 unspecified atom stereocenters. The molecule has 0 aliphatic carbocycles. The zero-order valence-corrected chi connectivity index (χ0v) is 19.4. The Morgan fingerprint density at radius 3 is 2.55 bits per heavy atom. The van der Waals surface area contributed by atoms with E-state index in [1.807, 2.05) is 47.0 Å². The van der Waals surface area contributed by atoms with Gasteiger partial charge in [-0.25, -0.2) is 9.97 Å². The third kappa shape index (κ3) is 5.01. The lowest BCUT2D eigenvalue weighted by molar-refractivity contribution is 0.196. The number of hydrogen-bond donors (Lipinski definition) is 1. The fraction of sp³-hybridized carbons (Fsp3) is 0.280. The number of methoxy groups -OCH3 is 3. The molecule has 0 radical (unpaired) electrons. The fourth-order valence-corrected chi connectivity index (χ4v) is 3.68. The van der Waals surface area contributed by atoms with Gasteiger partial charge < -0.3 is 24.4 Å². The quantitative estimate of drug-likeness (QED) is 0.355. The third-order valence-corrected chi connectivity index (χ3v) is 5.46. The van der Waals surface area contributed by atoms with Crippen LogP contribution in [0.3, 0.4) is 0 Å². The van der Waals surface area contributed by atoms with Gasteiger partial charge in [0.1, 0.15) is 17.1 Å². The normalized spacial score (nSPS) is 10.9. The molecule has 0 fully saturated rings. The first kappa shape index (κ1) is 22.4. The van der Waals surface area contributed by atoms with Crippen molar-refractivity contribution in [3.05, 3.63) is 60.9 Å². The summed E-state index contributed by atoms with van der Waals surface area (Å²) in [5.41, 5.74) is 4.48. The van der Waals surface area contributed by atoms with E-state index in [4.69, 9.17) is 19.2 Å². The lowest BCUT2D eigenvalue weighted by Gasteiger charge is -2.22. The summed E-state index contributed by atoms with van der Waals surface area (Å²) in [7, 11) is 7.11. The molecule has 0 aliphatic heterocycles. The molecule has 0 spiro atoms. The molecule has 2 heterocycles. The van der Waals surface area contributed by atoms with Crippen molar-refractivity contribution in [3.8, 4) is 22.8 Å². The van der Waals surface area contributed by atoms with Crippen molar-refractivity contribution in [2.45, 2.75) is 6.42 Å². The van der Waals surface area contributed by atoms with Crippen LogP contribution in [0.2, 0.25) is 0 Å². The summed E-state index contributed by atoms with van der Waals surface area (Å²) in [4.78, 5) is 11.5. The lowest BCUT2D eigenvalue weighted by Crippen LogP contribution is -2.20. The Balaban J connectivity index is 1.66. The van der Waals surface area contributed by atoms with E-state index >= 15 is 0 Å². The molecule has 2 aromatic carbocycles. The number of benzene rings is 2. The highest BCUT2D eigenvalue weighted by Crippen LogP contribution is 2.33. The lowest BCUT2D eigenvalue weighted by atomic mass is 10.1. The Morgan fingerprint density at radius 1 is 1.00 bits per heavy atom. The van der Waals surface area contributed by atoms with Crippen molar-refractivity contribution in [3.63, 3.8) is 0 Å². The van der Waals surface area contributed by atoms with Gasteiger partial charge in [0.05, 0.1) is 25.6 Å².